The van der Waals surface area contributed by atoms with Gasteiger partial charge in [0.1, 0.15) is 0 Å². The molecule has 2 atom stereocenters. The average molecular weight is 193 g/mol. The van der Waals surface area contributed by atoms with E-state index in [-0.39, 0.29) is 12.3 Å². The molecule has 1 rings (SSSR count). The summed E-state index contributed by atoms with van der Waals surface area (Å²) < 4.78 is 25.3. The molecular weight excluding hydrogens is 176 g/mol. The third-order valence-electron chi connectivity index (χ3n) is 2.55. The van der Waals surface area contributed by atoms with E-state index in [1.807, 2.05) is 11.9 Å². The van der Waals surface area contributed by atoms with E-state index in [0.29, 0.717) is 13.0 Å². The Hall–Kier alpha value is -0.220. The van der Waals surface area contributed by atoms with Crippen molar-refractivity contribution >= 4 is 0 Å². The number of aliphatic hydroxyl groups excluding tert-OH is 1. The number of aliphatic hydroxyl groups is 1. The summed E-state index contributed by atoms with van der Waals surface area (Å²) in [6, 6.07) is 0. The van der Waals surface area contributed by atoms with E-state index in [2.05, 4.69) is 0 Å². The van der Waals surface area contributed by atoms with Crippen molar-refractivity contribution in [3.63, 3.8) is 0 Å². The lowest BCUT2D eigenvalue weighted by Crippen LogP contribution is -2.43. The molecule has 0 aromatic heterocycles. The molecule has 2 unspecified atom stereocenters. The molecule has 4 heteroatoms. The molecule has 0 spiro atoms. The summed E-state index contributed by atoms with van der Waals surface area (Å²) >= 11 is 0. The molecule has 0 radical (unpaired) electrons. The second kappa shape index (κ2) is 3.88. The van der Waals surface area contributed by atoms with Crippen molar-refractivity contribution < 1.29 is 13.9 Å². The Morgan fingerprint density at radius 3 is 2.62 bits per heavy atom. The molecule has 1 aliphatic heterocycles. The van der Waals surface area contributed by atoms with Crippen LogP contribution in [0.25, 0.3) is 0 Å². The van der Waals surface area contributed by atoms with E-state index in [0.717, 1.165) is 13.5 Å². The number of rotatable bonds is 2. The SMILES string of the molecule is CN1CCC(CC(C)(F)F)C(O)C1. The number of hydrogen-bond acceptors (Lipinski definition) is 2. The predicted octanol–water partition coefficient (Wildman–Crippen LogP) is 1.34. The zero-order valence-electron chi connectivity index (χ0n) is 8.13. The number of β-amino-alcohol motifs (C(OH)–C–C–N with tert-alkyl or cyclic N) is 1. The second-order valence-electron chi connectivity index (χ2n) is 4.15. The molecule has 0 aromatic rings. The largest absolute Gasteiger partial charge is 0.392 e. The lowest BCUT2D eigenvalue weighted by atomic mass is 9.89. The van der Waals surface area contributed by atoms with Crippen LogP contribution in [0.5, 0.6) is 0 Å². The molecule has 1 aliphatic rings. The number of nitrogens with zero attached hydrogens (tertiary/aromatic N) is 1. The fourth-order valence-corrected chi connectivity index (χ4v) is 1.84. The number of likely N-dealkylation sites (N-methyl/N-ethyl adjacent to an activating group) is 1. The molecule has 0 bridgehead atoms. The van der Waals surface area contributed by atoms with Crippen LogP contribution in [-0.2, 0) is 0 Å². The van der Waals surface area contributed by atoms with Crippen LogP contribution in [-0.4, -0.2) is 42.2 Å². The molecule has 1 saturated heterocycles. The van der Waals surface area contributed by atoms with Gasteiger partial charge in [0, 0.05) is 13.0 Å². The maximum atomic E-state index is 12.7. The first-order valence-electron chi connectivity index (χ1n) is 4.63. The Morgan fingerprint density at radius 1 is 1.54 bits per heavy atom. The molecule has 13 heavy (non-hydrogen) atoms. The lowest BCUT2D eigenvalue weighted by molar-refractivity contribution is -0.0494. The summed E-state index contributed by atoms with van der Waals surface area (Å²) in [4.78, 5) is 1.97. The van der Waals surface area contributed by atoms with Gasteiger partial charge in [0.15, 0.2) is 0 Å². The molecule has 0 saturated carbocycles. The molecule has 0 aromatic carbocycles. The smallest absolute Gasteiger partial charge is 0.245 e. The van der Waals surface area contributed by atoms with Gasteiger partial charge in [0.25, 0.3) is 0 Å². The van der Waals surface area contributed by atoms with Crippen molar-refractivity contribution in [3.8, 4) is 0 Å². The number of likely N-dealkylation sites (tertiary alicyclic amines) is 1. The maximum absolute atomic E-state index is 12.7. The molecule has 1 fully saturated rings. The van der Waals surface area contributed by atoms with Crippen LogP contribution >= 0.6 is 0 Å². The molecule has 78 valence electrons. The van der Waals surface area contributed by atoms with Crippen LogP contribution < -0.4 is 0 Å². The van der Waals surface area contributed by atoms with Gasteiger partial charge in [-0.25, -0.2) is 8.78 Å². The average Bonchev–Trinajstić information content (AvgIpc) is 1.93. The van der Waals surface area contributed by atoms with Gasteiger partial charge >= 0.3 is 0 Å². The van der Waals surface area contributed by atoms with E-state index in [1.165, 1.54) is 0 Å². The molecular formula is C9H17F2NO. The van der Waals surface area contributed by atoms with Crippen LogP contribution in [0.2, 0.25) is 0 Å². The third-order valence-corrected chi connectivity index (χ3v) is 2.55. The highest BCUT2D eigenvalue weighted by atomic mass is 19.3. The first kappa shape index (κ1) is 10.9. The number of hydrogen-bond donors (Lipinski definition) is 1. The minimum absolute atomic E-state index is 0.192. The van der Waals surface area contributed by atoms with Crippen LogP contribution in [0.4, 0.5) is 8.78 Å². The van der Waals surface area contributed by atoms with Crippen molar-refractivity contribution in [3.05, 3.63) is 0 Å². The number of halogens is 2. The van der Waals surface area contributed by atoms with E-state index in [9.17, 15) is 13.9 Å². The van der Waals surface area contributed by atoms with Crippen LogP contribution in [0, 0.1) is 5.92 Å². The zero-order valence-corrected chi connectivity index (χ0v) is 8.13. The summed E-state index contributed by atoms with van der Waals surface area (Å²) in [6.07, 6.45) is -0.118. The Kier molecular flexibility index (Phi) is 3.24. The summed E-state index contributed by atoms with van der Waals surface area (Å²) in [5.74, 6) is -2.89. The summed E-state index contributed by atoms with van der Waals surface area (Å²) in [7, 11) is 1.89. The lowest BCUT2D eigenvalue weighted by Gasteiger charge is -2.34. The minimum Gasteiger partial charge on any atom is -0.392 e. The van der Waals surface area contributed by atoms with Gasteiger partial charge < -0.3 is 10.0 Å². The Balaban J connectivity index is 2.43. The van der Waals surface area contributed by atoms with E-state index in [4.69, 9.17) is 0 Å². The zero-order chi connectivity index (χ0) is 10.1. The van der Waals surface area contributed by atoms with Crippen molar-refractivity contribution in [1.29, 1.82) is 0 Å². The van der Waals surface area contributed by atoms with Gasteiger partial charge in [-0.15, -0.1) is 0 Å². The Morgan fingerprint density at radius 2 is 2.15 bits per heavy atom. The molecule has 1 N–H and O–H groups in total. The Bertz CT molecular complexity index is 169. The highest BCUT2D eigenvalue weighted by Gasteiger charge is 2.33. The third kappa shape index (κ3) is 3.56. The van der Waals surface area contributed by atoms with Crippen LogP contribution in [0.1, 0.15) is 19.8 Å². The van der Waals surface area contributed by atoms with Gasteiger partial charge in [-0.2, -0.15) is 0 Å². The summed E-state index contributed by atoms with van der Waals surface area (Å²) in [6.45, 7) is 2.23. The van der Waals surface area contributed by atoms with Gasteiger partial charge in [-0.3, -0.25) is 0 Å². The van der Waals surface area contributed by atoms with E-state index in [1.54, 1.807) is 0 Å². The minimum atomic E-state index is -2.65. The molecule has 1 heterocycles. The second-order valence-corrected chi connectivity index (χ2v) is 4.15. The first-order valence-corrected chi connectivity index (χ1v) is 4.63. The monoisotopic (exact) mass is 193 g/mol. The highest BCUT2D eigenvalue weighted by molar-refractivity contribution is 4.81. The van der Waals surface area contributed by atoms with Gasteiger partial charge in [0.2, 0.25) is 5.92 Å². The van der Waals surface area contributed by atoms with Crippen molar-refractivity contribution in [2.24, 2.45) is 5.92 Å². The number of alkyl halides is 2. The van der Waals surface area contributed by atoms with Gasteiger partial charge in [0.05, 0.1) is 6.10 Å². The Labute approximate surface area is 77.5 Å². The molecule has 2 nitrogen and oxygen atoms in total. The predicted molar refractivity (Wildman–Crippen MR) is 46.8 cm³/mol. The van der Waals surface area contributed by atoms with E-state index >= 15 is 0 Å². The van der Waals surface area contributed by atoms with E-state index < -0.39 is 12.0 Å². The fraction of sp³-hybridized carbons (Fsp3) is 1.00. The van der Waals surface area contributed by atoms with Crippen LogP contribution in [0.3, 0.4) is 0 Å². The molecule has 0 aliphatic carbocycles. The summed E-state index contributed by atoms with van der Waals surface area (Å²) in [5, 5.41) is 9.53. The van der Waals surface area contributed by atoms with Crippen molar-refractivity contribution in [2.45, 2.75) is 31.8 Å². The standard InChI is InChI=1S/C9H17F2NO/c1-9(10,11)5-7-3-4-12(2)6-8(7)13/h7-8,13H,3-6H2,1-2H3. The fourth-order valence-electron chi connectivity index (χ4n) is 1.84. The summed E-state index contributed by atoms with van der Waals surface area (Å²) in [5.41, 5.74) is 0. The van der Waals surface area contributed by atoms with Gasteiger partial charge in [-0.1, -0.05) is 0 Å². The van der Waals surface area contributed by atoms with Crippen molar-refractivity contribution in [2.75, 3.05) is 20.1 Å². The molecule has 0 amide bonds. The highest BCUT2D eigenvalue weighted by Crippen LogP contribution is 2.29. The van der Waals surface area contributed by atoms with Crippen molar-refractivity contribution in [1.82, 2.24) is 4.90 Å². The quantitative estimate of drug-likeness (QED) is 0.715. The van der Waals surface area contributed by atoms with Gasteiger partial charge in [-0.05, 0) is 32.9 Å². The normalized spacial score (nSPS) is 32.1. The maximum Gasteiger partial charge on any atom is 0.245 e. The number of piperidine rings is 1. The topological polar surface area (TPSA) is 23.5 Å². The van der Waals surface area contributed by atoms with Crippen LogP contribution in [0.15, 0.2) is 0 Å². The first-order chi connectivity index (χ1) is 5.88.